The number of ether oxygens (including phenoxy) is 1. The van der Waals surface area contributed by atoms with Crippen LogP contribution in [0.4, 0.5) is 11.4 Å². The molecule has 7 heteroatoms. The summed E-state index contributed by atoms with van der Waals surface area (Å²) in [5.41, 5.74) is 1.44. The number of nitro benzene ring substituents is 1. The maximum Gasteiger partial charge on any atom is 0.270 e. The molecule has 0 unspecified atom stereocenters. The lowest BCUT2D eigenvalue weighted by atomic mass is 10.1. The van der Waals surface area contributed by atoms with Gasteiger partial charge in [-0.3, -0.25) is 10.1 Å². The van der Waals surface area contributed by atoms with E-state index in [1.54, 1.807) is 12.3 Å². The highest BCUT2D eigenvalue weighted by Gasteiger charge is 2.11. The quantitative estimate of drug-likeness (QED) is 0.668. The number of rotatable bonds is 5. The average Bonchev–Trinajstić information content (AvgIpc) is 2.52. The summed E-state index contributed by atoms with van der Waals surface area (Å²) in [4.78, 5) is 14.2. The maximum absolute atomic E-state index is 10.7. The van der Waals surface area contributed by atoms with Crippen LogP contribution in [0.3, 0.4) is 0 Å². The number of aromatic nitrogens is 1. The van der Waals surface area contributed by atoms with Gasteiger partial charge in [0.1, 0.15) is 6.07 Å². The fourth-order valence-electron chi connectivity index (χ4n) is 1.83. The molecule has 0 amide bonds. The third kappa shape index (κ3) is 3.25. The topological polar surface area (TPSA) is 101 Å². The Bertz CT molecular complexity index is 710. The van der Waals surface area contributed by atoms with Crippen molar-refractivity contribution in [2.24, 2.45) is 0 Å². The molecule has 1 N–H and O–H groups in total. The monoisotopic (exact) mass is 284 g/mol. The highest BCUT2D eigenvalue weighted by atomic mass is 16.6. The van der Waals surface area contributed by atoms with Gasteiger partial charge in [-0.25, -0.2) is 4.98 Å². The van der Waals surface area contributed by atoms with Gasteiger partial charge in [0.25, 0.3) is 5.69 Å². The largest absolute Gasteiger partial charge is 0.481 e. The van der Waals surface area contributed by atoms with Gasteiger partial charge in [0.05, 0.1) is 23.3 Å². The lowest BCUT2D eigenvalue weighted by molar-refractivity contribution is -0.384. The Morgan fingerprint density at radius 2 is 2.29 bits per heavy atom. The van der Waals surface area contributed by atoms with Crippen LogP contribution in [0.15, 0.2) is 36.5 Å². The van der Waals surface area contributed by atoms with Gasteiger partial charge in [0, 0.05) is 30.4 Å². The van der Waals surface area contributed by atoms with Gasteiger partial charge < -0.3 is 10.1 Å². The van der Waals surface area contributed by atoms with E-state index in [2.05, 4.69) is 10.3 Å². The number of nitriles is 1. The minimum absolute atomic E-state index is 0.115. The van der Waals surface area contributed by atoms with Crippen LogP contribution in [-0.2, 0) is 6.54 Å². The van der Waals surface area contributed by atoms with E-state index in [9.17, 15) is 10.1 Å². The van der Waals surface area contributed by atoms with Gasteiger partial charge in [0.15, 0.2) is 0 Å². The number of nitro groups is 1. The lowest BCUT2D eigenvalue weighted by Crippen LogP contribution is -2.04. The molecule has 2 aromatic rings. The molecule has 0 saturated carbocycles. The van der Waals surface area contributed by atoms with Gasteiger partial charge >= 0.3 is 0 Å². The zero-order valence-corrected chi connectivity index (χ0v) is 11.2. The fraction of sp³-hybridized carbons (Fsp3) is 0.143. The Balaban J connectivity index is 2.20. The van der Waals surface area contributed by atoms with Crippen LogP contribution in [0, 0.1) is 21.4 Å². The molecule has 7 nitrogen and oxygen atoms in total. The van der Waals surface area contributed by atoms with Crippen molar-refractivity contribution in [1.82, 2.24) is 4.98 Å². The Kier molecular flexibility index (Phi) is 4.31. The molecule has 1 aromatic carbocycles. The van der Waals surface area contributed by atoms with Crippen molar-refractivity contribution in [2.45, 2.75) is 6.54 Å². The molecule has 21 heavy (non-hydrogen) atoms. The first-order valence-electron chi connectivity index (χ1n) is 6.06. The highest BCUT2D eigenvalue weighted by molar-refractivity contribution is 5.61. The number of anilines is 1. The number of hydrogen-bond donors (Lipinski definition) is 1. The fourth-order valence-corrected chi connectivity index (χ4v) is 1.83. The summed E-state index contributed by atoms with van der Waals surface area (Å²) < 4.78 is 5.14. The standard InChI is InChI=1S/C14H12N4O3/c1-21-14-10(3-2-6-16-14)9-17-13-5-4-12(18(19)20)7-11(13)8-15/h2-7,17H,9H2,1H3. The molecule has 1 heterocycles. The van der Waals surface area contributed by atoms with Crippen LogP contribution in [0.25, 0.3) is 0 Å². The van der Waals surface area contributed by atoms with Crippen molar-refractivity contribution >= 4 is 11.4 Å². The Hall–Kier alpha value is -3.14. The molecule has 1 aromatic heterocycles. The maximum atomic E-state index is 10.7. The average molecular weight is 284 g/mol. The van der Waals surface area contributed by atoms with Crippen molar-refractivity contribution in [2.75, 3.05) is 12.4 Å². The number of nitrogens with zero attached hydrogens (tertiary/aromatic N) is 3. The molecule has 0 aliphatic rings. The van der Waals surface area contributed by atoms with E-state index in [4.69, 9.17) is 10.00 Å². The Morgan fingerprint density at radius 3 is 2.95 bits per heavy atom. The molecular weight excluding hydrogens is 272 g/mol. The number of hydrogen-bond acceptors (Lipinski definition) is 6. The molecule has 0 aliphatic carbocycles. The van der Waals surface area contributed by atoms with E-state index in [1.165, 1.54) is 25.3 Å². The van der Waals surface area contributed by atoms with E-state index in [0.717, 1.165) is 5.56 Å². The molecule has 0 atom stereocenters. The summed E-state index contributed by atoms with van der Waals surface area (Å²) >= 11 is 0. The predicted octanol–water partition coefficient (Wildman–Crippen LogP) is 2.48. The van der Waals surface area contributed by atoms with Crippen molar-refractivity contribution in [3.05, 3.63) is 57.8 Å². The molecule has 0 fully saturated rings. The van der Waals surface area contributed by atoms with Crippen LogP contribution in [0.2, 0.25) is 0 Å². The van der Waals surface area contributed by atoms with Gasteiger partial charge in [-0.05, 0) is 12.1 Å². The smallest absolute Gasteiger partial charge is 0.270 e. The highest BCUT2D eigenvalue weighted by Crippen LogP contribution is 2.23. The second kappa shape index (κ2) is 6.34. The van der Waals surface area contributed by atoms with Gasteiger partial charge in [-0.15, -0.1) is 0 Å². The minimum Gasteiger partial charge on any atom is -0.481 e. The van der Waals surface area contributed by atoms with E-state index in [1.807, 2.05) is 12.1 Å². The lowest BCUT2D eigenvalue weighted by Gasteiger charge is -2.10. The van der Waals surface area contributed by atoms with Crippen molar-refractivity contribution in [3.8, 4) is 11.9 Å². The van der Waals surface area contributed by atoms with Crippen LogP contribution in [-0.4, -0.2) is 17.0 Å². The molecule has 0 aliphatic heterocycles. The Morgan fingerprint density at radius 1 is 1.48 bits per heavy atom. The number of pyridine rings is 1. The SMILES string of the molecule is COc1ncccc1CNc1ccc([N+](=O)[O-])cc1C#N. The minimum atomic E-state index is -0.533. The number of methoxy groups -OCH3 is 1. The van der Waals surface area contributed by atoms with Crippen LogP contribution in [0.5, 0.6) is 5.88 Å². The molecule has 106 valence electrons. The molecule has 0 saturated heterocycles. The van der Waals surface area contributed by atoms with Crippen molar-refractivity contribution in [1.29, 1.82) is 5.26 Å². The van der Waals surface area contributed by atoms with E-state index < -0.39 is 4.92 Å². The number of benzene rings is 1. The van der Waals surface area contributed by atoms with E-state index in [0.29, 0.717) is 18.1 Å². The second-order valence-electron chi connectivity index (χ2n) is 4.12. The molecular formula is C14H12N4O3. The first kappa shape index (κ1) is 14.3. The van der Waals surface area contributed by atoms with Crippen LogP contribution in [0.1, 0.15) is 11.1 Å². The summed E-state index contributed by atoms with van der Waals surface area (Å²) in [6.07, 6.45) is 1.62. The molecule has 0 radical (unpaired) electrons. The van der Waals surface area contributed by atoms with Crippen LogP contribution < -0.4 is 10.1 Å². The van der Waals surface area contributed by atoms with E-state index in [-0.39, 0.29) is 11.3 Å². The zero-order chi connectivity index (χ0) is 15.2. The van der Waals surface area contributed by atoms with Gasteiger partial charge in [-0.1, -0.05) is 6.07 Å². The summed E-state index contributed by atoms with van der Waals surface area (Å²) in [6, 6.07) is 9.67. The zero-order valence-electron chi connectivity index (χ0n) is 11.2. The predicted molar refractivity (Wildman–Crippen MR) is 75.9 cm³/mol. The van der Waals surface area contributed by atoms with Gasteiger partial charge in [-0.2, -0.15) is 5.26 Å². The summed E-state index contributed by atoms with van der Waals surface area (Å²) in [7, 11) is 1.53. The first-order valence-corrected chi connectivity index (χ1v) is 6.06. The van der Waals surface area contributed by atoms with E-state index >= 15 is 0 Å². The van der Waals surface area contributed by atoms with Crippen molar-refractivity contribution < 1.29 is 9.66 Å². The number of nitrogens with one attached hydrogen (secondary N) is 1. The van der Waals surface area contributed by atoms with Crippen LogP contribution >= 0.6 is 0 Å². The third-order valence-corrected chi connectivity index (χ3v) is 2.85. The van der Waals surface area contributed by atoms with Gasteiger partial charge in [0.2, 0.25) is 5.88 Å². The third-order valence-electron chi connectivity index (χ3n) is 2.85. The summed E-state index contributed by atoms with van der Waals surface area (Å²) in [6.45, 7) is 0.392. The number of non-ortho nitro benzene ring substituents is 1. The Labute approximate surface area is 121 Å². The summed E-state index contributed by atoms with van der Waals surface area (Å²) in [5.74, 6) is 0.491. The summed E-state index contributed by atoms with van der Waals surface area (Å²) in [5, 5.41) is 22.8. The van der Waals surface area contributed by atoms with Crippen molar-refractivity contribution in [3.63, 3.8) is 0 Å². The first-order chi connectivity index (χ1) is 10.2. The molecule has 0 bridgehead atoms. The molecule has 0 spiro atoms. The second-order valence-corrected chi connectivity index (χ2v) is 4.12. The normalized spacial score (nSPS) is 9.71. The molecule has 2 rings (SSSR count).